The van der Waals surface area contributed by atoms with Crippen molar-refractivity contribution in [3.63, 3.8) is 0 Å². The van der Waals surface area contributed by atoms with Gasteiger partial charge in [0.25, 0.3) is 0 Å². The quantitative estimate of drug-likeness (QED) is 0.170. The smallest absolute Gasteiger partial charge is 0.135 e. The molecule has 0 aliphatic rings. The van der Waals surface area contributed by atoms with Crippen molar-refractivity contribution in [2.75, 3.05) is 4.90 Å². The van der Waals surface area contributed by atoms with Crippen molar-refractivity contribution >= 4 is 81.3 Å². The molecule has 2 nitrogen and oxygen atoms in total. The minimum Gasteiger partial charge on any atom is -0.456 e. The highest BCUT2D eigenvalue weighted by molar-refractivity contribution is 7.25. The van der Waals surface area contributed by atoms with E-state index in [4.69, 9.17) is 4.42 Å². The van der Waals surface area contributed by atoms with Crippen LogP contribution in [-0.2, 0) is 0 Å². The Balaban J connectivity index is 1.07. The van der Waals surface area contributed by atoms with E-state index in [1.54, 1.807) is 0 Å². The zero-order chi connectivity index (χ0) is 36.3. The Kier molecular flexibility index (Phi) is 7.39. The van der Waals surface area contributed by atoms with Crippen LogP contribution in [0.1, 0.15) is 0 Å². The number of nitrogens with zero attached hydrogens (tertiary/aromatic N) is 1. The summed E-state index contributed by atoms with van der Waals surface area (Å²) in [6.45, 7) is 0. The monoisotopic (exact) mass is 719 g/mol. The summed E-state index contributed by atoms with van der Waals surface area (Å²) in [6.07, 6.45) is 0. The Morgan fingerprint density at radius 1 is 0.345 bits per heavy atom. The van der Waals surface area contributed by atoms with Gasteiger partial charge in [0.1, 0.15) is 11.2 Å². The lowest BCUT2D eigenvalue weighted by atomic mass is 9.97. The normalized spacial score (nSPS) is 11.6. The van der Waals surface area contributed by atoms with Crippen LogP contribution in [0.5, 0.6) is 0 Å². The van der Waals surface area contributed by atoms with Gasteiger partial charge in [0, 0.05) is 47.9 Å². The fraction of sp³-hybridized carbons (Fsp3) is 0. The molecule has 55 heavy (non-hydrogen) atoms. The van der Waals surface area contributed by atoms with Crippen molar-refractivity contribution in [1.82, 2.24) is 0 Å². The second kappa shape index (κ2) is 12.9. The van der Waals surface area contributed by atoms with E-state index in [-0.39, 0.29) is 0 Å². The predicted molar refractivity (Wildman–Crippen MR) is 235 cm³/mol. The molecule has 11 aromatic rings. The summed E-state index contributed by atoms with van der Waals surface area (Å²) >= 11 is 1.86. The van der Waals surface area contributed by atoms with Gasteiger partial charge in [-0.05, 0) is 99.3 Å². The molecule has 0 aliphatic carbocycles. The highest BCUT2D eigenvalue weighted by atomic mass is 32.1. The van der Waals surface area contributed by atoms with Crippen LogP contribution in [-0.4, -0.2) is 0 Å². The predicted octanol–water partition coefficient (Wildman–Crippen LogP) is 15.6. The number of hydrogen-bond donors (Lipinski definition) is 0. The topological polar surface area (TPSA) is 16.4 Å². The molecular formula is C52H33NOS. The van der Waals surface area contributed by atoms with Crippen molar-refractivity contribution < 1.29 is 4.42 Å². The molecule has 0 atom stereocenters. The zero-order valence-electron chi connectivity index (χ0n) is 29.8. The molecule has 0 amide bonds. The largest absolute Gasteiger partial charge is 0.456 e. The van der Waals surface area contributed by atoms with E-state index in [1.807, 2.05) is 23.5 Å². The fourth-order valence-electron chi connectivity index (χ4n) is 8.23. The molecule has 0 saturated carbocycles. The summed E-state index contributed by atoms with van der Waals surface area (Å²) in [6, 6.07) is 72.4. The molecule has 9 aromatic carbocycles. The lowest BCUT2D eigenvalue weighted by Crippen LogP contribution is -2.11. The van der Waals surface area contributed by atoms with Crippen molar-refractivity contribution in [1.29, 1.82) is 0 Å². The lowest BCUT2D eigenvalue weighted by Gasteiger charge is -2.28. The number of rotatable bonds is 6. The molecule has 2 aromatic heterocycles. The van der Waals surface area contributed by atoms with Gasteiger partial charge in [-0.25, -0.2) is 0 Å². The third-order valence-corrected chi connectivity index (χ3v) is 12.0. The van der Waals surface area contributed by atoms with Gasteiger partial charge in [-0.15, -0.1) is 11.3 Å². The van der Waals surface area contributed by atoms with Crippen LogP contribution in [0.3, 0.4) is 0 Å². The molecule has 0 spiro atoms. The van der Waals surface area contributed by atoms with E-state index in [9.17, 15) is 0 Å². The Hall–Kier alpha value is -6.94. The standard InChI is InChI=1S/C52H33NOS/c1-2-15-41-35(11-1)12-10-19-42(41)37-13-9-14-40(31-37)53(39-27-23-34(24-28-39)36-26-30-50-47(32-36)44-17-4-7-21-49(44)54-50)48-20-6-3-16-43(48)38-25-29-46-45-18-5-8-22-51(45)55-52(46)33-38/h1-33H. The number of thiophene rings is 1. The lowest BCUT2D eigenvalue weighted by molar-refractivity contribution is 0.669. The van der Waals surface area contributed by atoms with E-state index in [2.05, 4.69) is 193 Å². The summed E-state index contributed by atoms with van der Waals surface area (Å²) in [5, 5.41) is 7.37. The maximum absolute atomic E-state index is 6.14. The van der Waals surface area contributed by atoms with E-state index >= 15 is 0 Å². The molecule has 0 fully saturated rings. The fourth-order valence-corrected chi connectivity index (χ4v) is 9.38. The van der Waals surface area contributed by atoms with Crippen LogP contribution in [0.2, 0.25) is 0 Å². The van der Waals surface area contributed by atoms with Gasteiger partial charge in [0.05, 0.1) is 5.69 Å². The first-order valence-corrected chi connectivity index (χ1v) is 19.5. The van der Waals surface area contributed by atoms with Gasteiger partial charge < -0.3 is 9.32 Å². The number of fused-ring (bicyclic) bond motifs is 7. The number of hydrogen-bond acceptors (Lipinski definition) is 3. The van der Waals surface area contributed by atoms with Gasteiger partial charge in [-0.3, -0.25) is 0 Å². The first kappa shape index (κ1) is 31.6. The average molecular weight is 720 g/mol. The third-order valence-electron chi connectivity index (χ3n) is 10.9. The zero-order valence-corrected chi connectivity index (χ0v) is 30.6. The number of furan rings is 1. The maximum atomic E-state index is 6.14. The van der Waals surface area contributed by atoms with Gasteiger partial charge in [0.2, 0.25) is 0 Å². The third kappa shape index (κ3) is 5.40. The van der Waals surface area contributed by atoms with Crippen molar-refractivity contribution in [3.8, 4) is 33.4 Å². The highest BCUT2D eigenvalue weighted by Crippen LogP contribution is 2.45. The minimum atomic E-state index is 0.907. The van der Waals surface area contributed by atoms with Crippen LogP contribution in [0.15, 0.2) is 205 Å². The summed E-state index contributed by atoms with van der Waals surface area (Å²) < 4.78 is 8.75. The summed E-state index contributed by atoms with van der Waals surface area (Å²) in [7, 11) is 0. The van der Waals surface area contributed by atoms with Crippen LogP contribution in [0.25, 0.3) is 86.3 Å². The summed E-state index contributed by atoms with van der Waals surface area (Å²) in [5.41, 5.74) is 12.2. The van der Waals surface area contributed by atoms with E-state index in [0.29, 0.717) is 0 Å². The summed E-state index contributed by atoms with van der Waals surface area (Å²) in [5.74, 6) is 0. The molecule has 2 heterocycles. The average Bonchev–Trinajstić information content (AvgIpc) is 3.82. The Morgan fingerprint density at radius 3 is 1.93 bits per heavy atom. The summed E-state index contributed by atoms with van der Waals surface area (Å²) in [4.78, 5) is 2.41. The van der Waals surface area contributed by atoms with Crippen LogP contribution >= 0.6 is 11.3 Å². The second-order valence-electron chi connectivity index (χ2n) is 14.1. The van der Waals surface area contributed by atoms with Gasteiger partial charge in [-0.2, -0.15) is 0 Å². The maximum Gasteiger partial charge on any atom is 0.135 e. The second-order valence-corrected chi connectivity index (χ2v) is 15.2. The molecule has 11 rings (SSSR count). The van der Waals surface area contributed by atoms with E-state index < -0.39 is 0 Å². The molecule has 0 N–H and O–H groups in total. The first-order valence-electron chi connectivity index (χ1n) is 18.7. The molecular weight excluding hydrogens is 687 g/mol. The van der Waals surface area contributed by atoms with Crippen molar-refractivity contribution in [2.24, 2.45) is 0 Å². The number of anilines is 3. The SMILES string of the molecule is c1cc(-c2cccc3ccccc23)cc(N(c2ccc(-c3ccc4oc5ccccc5c4c3)cc2)c2ccccc2-c2ccc3c(c2)sc2ccccc23)c1. The van der Waals surface area contributed by atoms with Gasteiger partial charge in [0.15, 0.2) is 0 Å². The van der Waals surface area contributed by atoms with E-state index in [0.717, 1.165) is 50.1 Å². The molecule has 0 unspecified atom stereocenters. The minimum absolute atomic E-state index is 0.907. The van der Waals surface area contributed by atoms with Crippen LogP contribution < -0.4 is 4.90 Å². The van der Waals surface area contributed by atoms with Gasteiger partial charge in [-0.1, -0.05) is 140 Å². The molecule has 258 valence electrons. The molecule has 0 saturated heterocycles. The van der Waals surface area contributed by atoms with Gasteiger partial charge >= 0.3 is 0 Å². The van der Waals surface area contributed by atoms with Crippen LogP contribution in [0.4, 0.5) is 17.1 Å². The molecule has 0 radical (unpaired) electrons. The first-order chi connectivity index (χ1) is 27.2. The Bertz CT molecular complexity index is 3220. The number of para-hydroxylation sites is 2. The molecule has 0 bridgehead atoms. The van der Waals surface area contributed by atoms with E-state index in [1.165, 1.54) is 53.2 Å². The Morgan fingerprint density at radius 2 is 1.00 bits per heavy atom. The van der Waals surface area contributed by atoms with Crippen molar-refractivity contribution in [2.45, 2.75) is 0 Å². The van der Waals surface area contributed by atoms with Crippen molar-refractivity contribution in [3.05, 3.63) is 200 Å². The molecule has 3 heteroatoms. The number of benzene rings is 9. The highest BCUT2D eigenvalue weighted by Gasteiger charge is 2.19. The molecule has 0 aliphatic heterocycles. The Labute approximate surface area is 322 Å². The van der Waals surface area contributed by atoms with Crippen LogP contribution in [0, 0.1) is 0 Å².